The summed E-state index contributed by atoms with van der Waals surface area (Å²) in [6, 6.07) is 4.91. The number of carbonyl (C=O) groups is 1. The molecule has 0 aliphatic heterocycles. The summed E-state index contributed by atoms with van der Waals surface area (Å²) in [5, 5.41) is 10.1. The van der Waals surface area contributed by atoms with Crippen LogP contribution in [-0.2, 0) is 22.4 Å². The summed E-state index contributed by atoms with van der Waals surface area (Å²) in [4.78, 5) is 10.7. The van der Waals surface area contributed by atoms with E-state index >= 15 is 0 Å². The maximum absolute atomic E-state index is 10.7. The molecule has 0 saturated carbocycles. The van der Waals surface area contributed by atoms with Gasteiger partial charge in [0.2, 0.25) is 5.91 Å². The molecular weight excluding hydrogens is 264 g/mol. The topological polar surface area (TPSA) is 84.7 Å². The summed E-state index contributed by atoms with van der Waals surface area (Å²) in [6.07, 6.45) is 0. The summed E-state index contributed by atoms with van der Waals surface area (Å²) in [6.45, 7) is 0. The van der Waals surface area contributed by atoms with Crippen LogP contribution in [0.3, 0.4) is 0 Å². The van der Waals surface area contributed by atoms with Crippen molar-refractivity contribution in [1.29, 1.82) is 0 Å². The van der Waals surface area contributed by atoms with Crippen molar-refractivity contribution in [1.82, 2.24) is 15.4 Å². The van der Waals surface area contributed by atoms with Gasteiger partial charge in [0.1, 0.15) is 11.0 Å². The van der Waals surface area contributed by atoms with Crippen LogP contribution >= 0.6 is 0 Å². The molecule has 1 aromatic heterocycles. The van der Waals surface area contributed by atoms with Crippen LogP contribution in [0, 0.1) is 0 Å². The van der Waals surface area contributed by atoms with Crippen LogP contribution in [-0.4, -0.2) is 21.3 Å². The van der Waals surface area contributed by atoms with Crippen molar-refractivity contribution in [2.45, 2.75) is 0 Å². The molecule has 3 N–H and O–H groups in total. The van der Waals surface area contributed by atoms with E-state index in [2.05, 4.69) is 15.4 Å². The zero-order valence-electron chi connectivity index (χ0n) is 6.41. The van der Waals surface area contributed by atoms with Crippen LogP contribution in [0.1, 0.15) is 10.4 Å². The normalized spacial score (nSPS) is 9.54. The zero-order valence-corrected chi connectivity index (χ0v) is 7.90. The summed E-state index contributed by atoms with van der Waals surface area (Å²) < 4.78 is 0. The summed E-state index contributed by atoms with van der Waals surface area (Å²) >= 11 is 0. The monoisotopic (exact) mass is 269 g/mol. The summed E-state index contributed by atoms with van der Waals surface area (Å²) in [7, 11) is 0. The maximum Gasteiger partial charge on any atom is 1.00 e. The number of carbonyl (C=O) groups excluding carboxylic acids is 1. The molecule has 0 fully saturated rings. The van der Waals surface area contributed by atoms with Gasteiger partial charge in [-0.2, -0.15) is 15.4 Å². The molecule has 0 saturated heterocycles. The molecular formula is C7H6AgN4O+. The molecule has 0 bridgehead atoms. The van der Waals surface area contributed by atoms with E-state index in [-0.39, 0.29) is 22.4 Å². The molecule has 6 heteroatoms. The van der Waals surface area contributed by atoms with E-state index in [4.69, 9.17) is 5.73 Å². The van der Waals surface area contributed by atoms with E-state index in [0.717, 1.165) is 5.52 Å². The van der Waals surface area contributed by atoms with E-state index in [0.29, 0.717) is 11.1 Å². The summed E-state index contributed by atoms with van der Waals surface area (Å²) in [5.74, 6) is -0.458. The average molecular weight is 270 g/mol. The number of hydrogen-bond donors (Lipinski definition) is 2. The number of H-pyrrole nitrogens is 1. The molecule has 5 nitrogen and oxygen atoms in total. The minimum Gasteiger partial charge on any atom is -0.366 e. The van der Waals surface area contributed by atoms with Gasteiger partial charge in [-0.15, -0.1) is 0 Å². The Hall–Kier alpha value is -1.17. The predicted octanol–water partition coefficient (Wildman–Crippen LogP) is 0.0543. The van der Waals surface area contributed by atoms with Gasteiger partial charge in [-0.25, -0.2) is 0 Å². The third-order valence-corrected chi connectivity index (χ3v) is 1.60. The average Bonchev–Trinajstić information content (AvgIpc) is 2.49. The van der Waals surface area contributed by atoms with E-state index in [1.807, 2.05) is 0 Å². The molecule has 2 rings (SSSR count). The Morgan fingerprint density at radius 2 is 2.00 bits per heavy atom. The number of nitrogens with two attached hydrogens (primary N) is 1. The Bertz CT molecular complexity index is 439. The van der Waals surface area contributed by atoms with E-state index < -0.39 is 5.91 Å². The first-order chi connectivity index (χ1) is 5.77. The SMILES string of the molecule is NC(=O)c1ccc2n[nH]nc2c1.[Ag+]. The zero-order chi connectivity index (χ0) is 8.55. The second kappa shape index (κ2) is 3.69. The second-order valence-electron chi connectivity index (χ2n) is 2.39. The van der Waals surface area contributed by atoms with E-state index in [1.54, 1.807) is 18.2 Å². The first-order valence-corrected chi connectivity index (χ1v) is 3.38. The van der Waals surface area contributed by atoms with Crippen LogP contribution in [0.15, 0.2) is 18.2 Å². The molecule has 70 valence electrons. The van der Waals surface area contributed by atoms with Gasteiger partial charge in [-0.3, -0.25) is 4.79 Å². The van der Waals surface area contributed by atoms with Crippen molar-refractivity contribution in [2.24, 2.45) is 5.73 Å². The second-order valence-corrected chi connectivity index (χ2v) is 2.39. The number of amides is 1. The number of nitrogens with zero attached hydrogens (tertiary/aromatic N) is 2. The molecule has 0 aliphatic rings. The van der Waals surface area contributed by atoms with Crippen LogP contribution in [0.25, 0.3) is 11.0 Å². The molecule has 0 atom stereocenters. The molecule has 1 amide bonds. The molecule has 2 aromatic rings. The van der Waals surface area contributed by atoms with Crippen LogP contribution in [0.5, 0.6) is 0 Å². The quantitative estimate of drug-likeness (QED) is 0.718. The summed E-state index contributed by atoms with van der Waals surface area (Å²) in [5.41, 5.74) is 6.88. The van der Waals surface area contributed by atoms with Crippen molar-refractivity contribution in [3.63, 3.8) is 0 Å². The number of fused-ring (bicyclic) bond motifs is 1. The van der Waals surface area contributed by atoms with Crippen molar-refractivity contribution < 1.29 is 27.2 Å². The van der Waals surface area contributed by atoms with Gasteiger partial charge in [0, 0.05) is 5.56 Å². The fourth-order valence-corrected chi connectivity index (χ4v) is 0.994. The Morgan fingerprint density at radius 1 is 1.31 bits per heavy atom. The largest absolute Gasteiger partial charge is 1.00 e. The van der Waals surface area contributed by atoms with Crippen molar-refractivity contribution in [3.8, 4) is 0 Å². The van der Waals surface area contributed by atoms with Crippen LogP contribution in [0.2, 0.25) is 0 Å². The molecule has 1 heterocycles. The first-order valence-electron chi connectivity index (χ1n) is 3.38. The number of rotatable bonds is 1. The number of aromatic nitrogens is 3. The van der Waals surface area contributed by atoms with Gasteiger partial charge in [0.25, 0.3) is 0 Å². The van der Waals surface area contributed by atoms with Crippen molar-refractivity contribution in [3.05, 3.63) is 23.8 Å². The molecule has 0 radical (unpaired) electrons. The minimum atomic E-state index is -0.458. The molecule has 13 heavy (non-hydrogen) atoms. The van der Waals surface area contributed by atoms with Gasteiger partial charge in [-0.1, -0.05) is 0 Å². The van der Waals surface area contributed by atoms with E-state index in [1.165, 1.54) is 0 Å². The minimum absolute atomic E-state index is 0. The van der Waals surface area contributed by atoms with Gasteiger partial charge in [0.15, 0.2) is 0 Å². The third kappa shape index (κ3) is 1.77. The molecule has 0 aliphatic carbocycles. The fourth-order valence-electron chi connectivity index (χ4n) is 0.994. The van der Waals surface area contributed by atoms with Crippen LogP contribution in [0.4, 0.5) is 0 Å². The van der Waals surface area contributed by atoms with Crippen molar-refractivity contribution >= 4 is 16.9 Å². The third-order valence-electron chi connectivity index (χ3n) is 1.60. The number of benzene rings is 1. The Balaban J connectivity index is 0.000000845. The standard InChI is InChI=1S/C7H6N4O.Ag/c8-7(12)4-1-2-5-6(3-4)10-11-9-5;/h1-3H,(H2,8,12)(H,9,10,11);/q;+1. The predicted molar refractivity (Wildman–Crippen MR) is 42.4 cm³/mol. The maximum atomic E-state index is 10.7. The van der Waals surface area contributed by atoms with Gasteiger partial charge >= 0.3 is 22.4 Å². The molecule has 1 aromatic carbocycles. The molecule has 0 unspecified atom stereocenters. The number of primary amides is 1. The van der Waals surface area contributed by atoms with Crippen molar-refractivity contribution in [2.75, 3.05) is 0 Å². The number of aromatic amines is 1. The van der Waals surface area contributed by atoms with Gasteiger partial charge in [0.05, 0.1) is 0 Å². The Labute approximate surface area is 89.2 Å². The number of nitrogens with one attached hydrogen (secondary N) is 1. The van der Waals surface area contributed by atoms with Gasteiger partial charge in [-0.05, 0) is 18.2 Å². The Kier molecular flexibility index (Phi) is 2.82. The van der Waals surface area contributed by atoms with E-state index in [9.17, 15) is 4.79 Å². The Morgan fingerprint density at radius 3 is 2.69 bits per heavy atom. The van der Waals surface area contributed by atoms with Gasteiger partial charge < -0.3 is 5.73 Å². The fraction of sp³-hybridized carbons (Fsp3) is 0. The van der Waals surface area contributed by atoms with Crippen LogP contribution < -0.4 is 5.73 Å². The number of hydrogen-bond acceptors (Lipinski definition) is 3. The first kappa shape index (κ1) is 9.91. The smallest absolute Gasteiger partial charge is 0.366 e. The molecule has 0 spiro atoms.